The van der Waals surface area contributed by atoms with Crippen molar-refractivity contribution in [1.82, 2.24) is 25.2 Å². The van der Waals surface area contributed by atoms with Crippen LogP contribution < -0.4 is 10.6 Å². The molecule has 0 spiro atoms. The monoisotopic (exact) mass is 563 g/mol. The number of amides is 2. The van der Waals surface area contributed by atoms with Gasteiger partial charge >= 0.3 is 0 Å². The lowest BCUT2D eigenvalue weighted by Gasteiger charge is -2.31. The Morgan fingerprint density at radius 2 is 1.83 bits per heavy atom. The quantitative estimate of drug-likeness (QED) is 0.313. The Bertz CT molecular complexity index is 1430. The summed E-state index contributed by atoms with van der Waals surface area (Å²) in [5.41, 5.74) is 3.20. The van der Waals surface area contributed by atoms with E-state index in [0.29, 0.717) is 16.5 Å². The van der Waals surface area contributed by atoms with Crippen LogP contribution in [0.2, 0.25) is 0 Å². The van der Waals surface area contributed by atoms with Gasteiger partial charge < -0.3 is 15.2 Å². The summed E-state index contributed by atoms with van der Waals surface area (Å²) >= 11 is 4.88. The molecule has 2 aliphatic rings. The Morgan fingerprint density at radius 1 is 0.972 bits per heavy atom. The summed E-state index contributed by atoms with van der Waals surface area (Å²) < 4.78 is 3.21. The third-order valence-corrected chi connectivity index (χ3v) is 8.52. The number of hydrogen-bond donors (Lipinski definition) is 2. The predicted octanol–water partition coefficient (Wildman–Crippen LogP) is 5.73. The Balaban J connectivity index is 1.32. The van der Waals surface area contributed by atoms with Crippen molar-refractivity contribution in [2.75, 3.05) is 0 Å². The largest absolute Gasteiger partial charge is 0.349 e. The molecule has 0 aliphatic heterocycles. The lowest BCUT2D eigenvalue weighted by atomic mass is 9.90. The van der Waals surface area contributed by atoms with Gasteiger partial charge in [-0.1, -0.05) is 6.07 Å². The zero-order valence-corrected chi connectivity index (χ0v) is 22.0. The molecule has 36 heavy (non-hydrogen) atoms. The first-order valence-corrected chi connectivity index (χ1v) is 14.0. The number of imidazole rings is 1. The van der Waals surface area contributed by atoms with Crippen LogP contribution in [0.25, 0.3) is 22.6 Å². The normalized spacial score (nSPS) is 19.8. The standard InChI is InChI=1S/C27H26BrN5O2S/c28-24-12-11-23(36-24)27(35)31-18-4-3-5-19(15-18)33-22-10-7-16(26(34)30-17-8-9-17)14-21(22)32-25(33)20-6-1-2-13-29-20/h1-2,6-7,10-14,17-19H,3-5,8-9,15H2,(H,30,34)(H,31,35). The van der Waals surface area contributed by atoms with E-state index in [1.54, 1.807) is 6.20 Å². The second-order valence-electron chi connectivity index (χ2n) is 9.57. The maximum atomic E-state index is 12.8. The van der Waals surface area contributed by atoms with Crippen molar-refractivity contribution in [2.45, 2.75) is 56.7 Å². The van der Waals surface area contributed by atoms with Crippen molar-refractivity contribution in [2.24, 2.45) is 0 Å². The zero-order valence-electron chi connectivity index (χ0n) is 19.6. The van der Waals surface area contributed by atoms with E-state index in [1.807, 2.05) is 48.5 Å². The number of thiophene rings is 1. The minimum absolute atomic E-state index is 0.0249. The summed E-state index contributed by atoms with van der Waals surface area (Å²) in [6.45, 7) is 0. The molecule has 2 unspecified atom stereocenters. The highest BCUT2D eigenvalue weighted by molar-refractivity contribution is 9.11. The van der Waals surface area contributed by atoms with Gasteiger partial charge in [-0.2, -0.15) is 0 Å². The van der Waals surface area contributed by atoms with Crippen LogP contribution in [0.5, 0.6) is 0 Å². The number of hydrogen-bond acceptors (Lipinski definition) is 5. The SMILES string of the molecule is O=C(NC1CC1)c1ccc2c(c1)nc(-c1ccccn1)n2C1CCCC(NC(=O)c2ccc(Br)s2)C1. The van der Waals surface area contributed by atoms with Crippen molar-refractivity contribution in [3.63, 3.8) is 0 Å². The highest BCUT2D eigenvalue weighted by Gasteiger charge is 2.29. The Labute approximate surface area is 221 Å². The van der Waals surface area contributed by atoms with Crippen LogP contribution in [-0.4, -0.2) is 38.4 Å². The van der Waals surface area contributed by atoms with Gasteiger partial charge in [-0.3, -0.25) is 14.6 Å². The van der Waals surface area contributed by atoms with Crippen LogP contribution in [-0.2, 0) is 0 Å². The summed E-state index contributed by atoms with van der Waals surface area (Å²) in [5, 5.41) is 6.31. The van der Waals surface area contributed by atoms with E-state index in [2.05, 4.69) is 36.1 Å². The number of nitrogens with one attached hydrogen (secondary N) is 2. The van der Waals surface area contributed by atoms with E-state index < -0.39 is 0 Å². The summed E-state index contributed by atoms with van der Waals surface area (Å²) in [6, 6.07) is 15.9. The number of fused-ring (bicyclic) bond motifs is 1. The molecule has 2 aliphatic carbocycles. The van der Waals surface area contributed by atoms with E-state index in [4.69, 9.17) is 4.98 Å². The first-order chi connectivity index (χ1) is 17.5. The highest BCUT2D eigenvalue weighted by Crippen LogP contribution is 2.36. The molecule has 9 heteroatoms. The fourth-order valence-corrected chi connectivity index (χ4v) is 6.29. The minimum Gasteiger partial charge on any atom is -0.349 e. The lowest BCUT2D eigenvalue weighted by molar-refractivity contribution is 0.0923. The van der Waals surface area contributed by atoms with Gasteiger partial charge in [-0.25, -0.2) is 4.98 Å². The average Bonchev–Trinajstić information content (AvgIpc) is 3.46. The minimum atomic E-state index is -0.0472. The van der Waals surface area contributed by atoms with Gasteiger partial charge in [0.25, 0.3) is 11.8 Å². The summed E-state index contributed by atoms with van der Waals surface area (Å²) in [4.78, 5) is 35.7. The van der Waals surface area contributed by atoms with Crippen molar-refractivity contribution < 1.29 is 9.59 Å². The first-order valence-electron chi connectivity index (χ1n) is 12.4. The molecule has 2 saturated carbocycles. The second kappa shape index (κ2) is 9.78. The highest BCUT2D eigenvalue weighted by atomic mass is 79.9. The van der Waals surface area contributed by atoms with E-state index in [1.165, 1.54) is 11.3 Å². The molecule has 0 radical (unpaired) electrons. The third-order valence-electron chi connectivity index (χ3n) is 6.90. The van der Waals surface area contributed by atoms with Crippen LogP contribution in [0.4, 0.5) is 0 Å². The number of carbonyl (C=O) groups excluding carboxylic acids is 2. The lowest BCUT2D eigenvalue weighted by Crippen LogP contribution is -2.38. The third kappa shape index (κ3) is 4.82. The zero-order chi connectivity index (χ0) is 24.6. The molecule has 184 valence electrons. The van der Waals surface area contributed by atoms with Gasteiger partial charge in [-0.15, -0.1) is 11.3 Å². The van der Waals surface area contributed by atoms with Crippen molar-refractivity contribution in [3.05, 3.63) is 69.0 Å². The smallest absolute Gasteiger partial charge is 0.261 e. The molecule has 2 amide bonds. The molecule has 2 N–H and O–H groups in total. The molecule has 2 atom stereocenters. The number of carbonyl (C=O) groups is 2. The molecule has 6 rings (SSSR count). The van der Waals surface area contributed by atoms with Crippen molar-refractivity contribution in [1.29, 1.82) is 0 Å². The number of rotatable bonds is 6. The summed E-state index contributed by atoms with van der Waals surface area (Å²) in [5.74, 6) is 0.724. The number of benzene rings is 1. The van der Waals surface area contributed by atoms with Crippen LogP contribution in [0.1, 0.15) is 64.6 Å². The second-order valence-corrected chi connectivity index (χ2v) is 12.0. The predicted molar refractivity (Wildman–Crippen MR) is 144 cm³/mol. The van der Waals surface area contributed by atoms with E-state index in [9.17, 15) is 9.59 Å². The summed E-state index contributed by atoms with van der Waals surface area (Å²) in [7, 11) is 0. The first kappa shape index (κ1) is 23.4. The molecule has 0 saturated heterocycles. The van der Waals surface area contributed by atoms with E-state index in [0.717, 1.165) is 64.9 Å². The molecule has 3 heterocycles. The Morgan fingerprint density at radius 3 is 2.58 bits per heavy atom. The summed E-state index contributed by atoms with van der Waals surface area (Å²) in [6.07, 6.45) is 7.64. The van der Waals surface area contributed by atoms with Crippen molar-refractivity contribution >= 4 is 50.1 Å². The maximum Gasteiger partial charge on any atom is 0.261 e. The molecule has 4 aromatic rings. The maximum absolute atomic E-state index is 12.8. The number of pyridine rings is 1. The molecule has 0 bridgehead atoms. The van der Waals surface area contributed by atoms with Gasteiger partial charge in [0, 0.05) is 29.9 Å². The van der Waals surface area contributed by atoms with Crippen LogP contribution in [0.3, 0.4) is 0 Å². The van der Waals surface area contributed by atoms with Gasteiger partial charge in [0.2, 0.25) is 0 Å². The topological polar surface area (TPSA) is 88.9 Å². The average molecular weight is 565 g/mol. The van der Waals surface area contributed by atoms with Crippen molar-refractivity contribution in [3.8, 4) is 11.5 Å². The fraction of sp³-hybridized carbons (Fsp3) is 0.333. The molecule has 7 nitrogen and oxygen atoms in total. The number of halogens is 1. The fourth-order valence-electron chi connectivity index (χ4n) is 5.00. The van der Waals surface area contributed by atoms with E-state index >= 15 is 0 Å². The Kier molecular flexibility index (Phi) is 6.35. The van der Waals surface area contributed by atoms with Crippen LogP contribution >= 0.6 is 27.3 Å². The van der Waals surface area contributed by atoms with Gasteiger partial charge in [-0.05, 0) is 96.9 Å². The molecular weight excluding hydrogens is 538 g/mol. The molecule has 3 aromatic heterocycles. The van der Waals surface area contributed by atoms with Gasteiger partial charge in [0.05, 0.1) is 19.7 Å². The Hall–Kier alpha value is -3.04. The van der Waals surface area contributed by atoms with Gasteiger partial charge in [0.1, 0.15) is 5.69 Å². The molecule has 1 aromatic carbocycles. The van der Waals surface area contributed by atoms with Crippen LogP contribution in [0, 0.1) is 0 Å². The number of aromatic nitrogens is 3. The van der Waals surface area contributed by atoms with Crippen LogP contribution in [0.15, 0.2) is 58.5 Å². The van der Waals surface area contributed by atoms with E-state index in [-0.39, 0.29) is 23.9 Å². The number of nitrogens with zero attached hydrogens (tertiary/aromatic N) is 3. The molecule has 2 fully saturated rings. The molecular formula is C27H26BrN5O2S. The van der Waals surface area contributed by atoms with Gasteiger partial charge in [0.15, 0.2) is 5.82 Å².